The van der Waals surface area contributed by atoms with Gasteiger partial charge >= 0.3 is 0 Å². The summed E-state index contributed by atoms with van der Waals surface area (Å²) in [6.07, 6.45) is 0. The van der Waals surface area contributed by atoms with Gasteiger partial charge in [0.15, 0.2) is 0 Å². The lowest BCUT2D eigenvalue weighted by atomic mass is 10.0. The van der Waals surface area contributed by atoms with Gasteiger partial charge < -0.3 is 9.73 Å². The minimum atomic E-state index is -0.484. The molecule has 0 spiro atoms. The van der Waals surface area contributed by atoms with E-state index < -0.39 is 9.52 Å². The first-order valence-electron chi connectivity index (χ1n) is 9.58. The molecule has 1 heterocycles. The van der Waals surface area contributed by atoms with Crippen molar-refractivity contribution >= 4 is 47.5 Å². The normalized spacial score (nSPS) is 11.6. The second-order valence-corrected chi connectivity index (χ2v) is 9.09. The minimum Gasteiger partial charge on any atom is -0.456 e. The summed E-state index contributed by atoms with van der Waals surface area (Å²) >= 11 is 0. The number of hydrogen-bond donors (Lipinski definition) is 1. The number of nitrogens with one attached hydrogen (secondary N) is 1. The van der Waals surface area contributed by atoms with Crippen LogP contribution in [0.5, 0.6) is 0 Å². The molecular weight excluding hydrogens is 358 g/mol. The Balaban J connectivity index is 1.62. The molecule has 28 heavy (non-hydrogen) atoms. The van der Waals surface area contributed by atoms with E-state index >= 15 is 0 Å². The first-order valence-corrected chi connectivity index (χ1v) is 11.0. The highest BCUT2D eigenvalue weighted by Crippen LogP contribution is 2.36. The standard InChI is InChI=1S/C25H21NOSi/c1-26-23-15-22-20-12-5-6-13-24(20)27-25(22)16-21(23)17-8-7-11-19(14-17)28-18-9-3-2-4-10-18/h2-16,26H,28H2,1H3. The molecule has 0 fully saturated rings. The van der Waals surface area contributed by atoms with Crippen LogP contribution in [-0.4, -0.2) is 16.6 Å². The number of para-hydroxylation sites is 1. The zero-order valence-electron chi connectivity index (χ0n) is 15.8. The third-order valence-electron chi connectivity index (χ3n) is 5.28. The van der Waals surface area contributed by atoms with E-state index in [1.807, 2.05) is 19.2 Å². The lowest BCUT2D eigenvalue weighted by molar-refractivity contribution is 0.669. The summed E-state index contributed by atoms with van der Waals surface area (Å²) in [4.78, 5) is 0. The van der Waals surface area contributed by atoms with Gasteiger partial charge in [0, 0.05) is 29.1 Å². The molecular formula is C25H21NOSi. The highest BCUT2D eigenvalue weighted by molar-refractivity contribution is 6.67. The van der Waals surface area contributed by atoms with E-state index in [9.17, 15) is 0 Å². The number of anilines is 1. The Morgan fingerprint density at radius 1 is 0.679 bits per heavy atom. The molecule has 4 aromatic carbocycles. The maximum atomic E-state index is 6.12. The number of fused-ring (bicyclic) bond motifs is 3. The largest absolute Gasteiger partial charge is 0.456 e. The molecule has 0 aliphatic rings. The lowest BCUT2D eigenvalue weighted by Gasteiger charge is -2.11. The van der Waals surface area contributed by atoms with Crippen LogP contribution in [0.3, 0.4) is 0 Å². The fourth-order valence-corrected chi connectivity index (χ4v) is 5.45. The van der Waals surface area contributed by atoms with Crippen molar-refractivity contribution in [1.29, 1.82) is 0 Å². The molecule has 0 atom stereocenters. The molecule has 3 heteroatoms. The fourth-order valence-electron chi connectivity index (χ4n) is 3.90. The lowest BCUT2D eigenvalue weighted by Crippen LogP contribution is -2.26. The van der Waals surface area contributed by atoms with Gasteiger partial charge in [0.1, 0.15) is 11.2 Å². The van der Waals surface area contributed by atoms with Crippen molar-refractivity contribution in [2.24, 2.45) is 0 Å². The fraction of sp³-hybridized carbons (Fsp3) is 0.0400. The van der Waals surface area contributed by atoms with Crippen molar-refractivity contribution in [3.8, 4) is 11.1 Å². The smallest absolute Gasteiger partial charge is 0.136 e. The molecule has 0 radical (unpaired) electrons. The summed E-state index contributed by atoms with van der Waals surface area (Å²) in [5.41, 5.74) is 5.39. The van der Waals surface area contributed by atoms with Gasteiger partial charge in [-0.05, 0) is 23.8 Å². The molecule has 1 aromatic heterocycles. The van der Waals surface area contributed by atoms with Crippen molar-refractivity contribution in [1.82, 2.24) is 0 Å². The van der Waals surface area contributed by atoms with Crippen LogP contribution in [0.15, 0.2) is 95.4 Å². The first kappa shape index (κ1) is 16.8. The maximum Gasteiger partial charge on any atom is 0.136 e. The molecule has 0 amide bonds. The zero-order chi connectivity index (χ0) is 18.9. The monoisotopic (exact) mass is 379 g/mol. The van der Waals surface area contributed by atoms with Crippen molar-refractivity contribution in [3.05, 3.63) is 91.0 Å². The van der Waals surface area contributed by atoms with Crippen LogP contribution in [0, 0.1) is 0 Å². The van der Waals surface area contributed by atoms with Gasteiger partial charge in [0.05, 0.1) is 9.52 Å². The van der Waals surface area contributed by atoms with Crippen molar-refractivity contribution < 1.29 is 4.42 Å². The third-order valence-corrected chi connectivity index (χ3v) is 7.00. The van der Waals surface area contributed by atoms with Gasteiger partial charge in [-0.2, -0.15) is 0 Å². The second kappa shape index (κ2) is 7.02. The predicted octanol–water partition coefficient (Wildman–Crippen LogP) is 4.41. The summed E-state index contributed by atoms with van der Waals surface area (Å²) in [6, 6.07) is 32.3. The van der Waals surface area contributed by atoms with E-state index in [-0.39, 0.29) is 0 Å². The van der Waals surface area contributed by atoms with Gasteiger partial charge in [-0.15, -0.1) is 0 Å². The Bertz CT molecular complexity index is 1270. The molecule has 0 aliphatic heterocycles. The van der Waals surface area contributed by atoms with Crippen molar-refractivity contribution in [3.63, 3.8) is 0 Å². The van der Waals surface area contributed by atoms with E-state index in [0.717, 1.165) is 27.6 Å². The Hall–Kier alpha value is -3.30. The van der Waals surface area contributed by atoms with E-state index in [1.54, 1.807) is 0 Å². The topological polar surface area (TPSA) is 25.2 Å². The number of rotatable bonds is 4. The average molecular weight is 380 g/mol. The molecule has 5 aromatic rings. The highest BCUT2D eigenvalue weighted by Gasteiger charge is 2.12. The van der Waals surface area contributed by atoms with Crippen LogP contribution >= 0.6 is 0 Å². The molecule has 0 saturated carbocycles. The van der Waals surface area contributed by atoms with Crippen molar-refractivity contribution in [2.45, 2.75) is 0 Å². The van der Waals surface area contributed by atoms with Gasteiger partial charge in [-0.1, -0.05) is 83.2 Å². The molecule has 0 saturated heterocycles. The zero-order valence-corrected chi connectivity index (χ0v) is 17.2. The van der Waals surface area contributed by atoms with Crippen LogP contribution < -0.4 is 15.7 Å². The van der Waals surface area contributed by atoms with Crippen LogP contribution in [0.4, 0.5) is 5.69 Å². The second-order valence-electron chi connectivity index (χ2n) is 7.10. The van der Waals surface area contributed by atoms with Crippen LogP contribution in [-0.2, 0) is 0 Å². The SMILES string of the molecule is CNc1cc2c(cc1-c1cccc([SiH2]c3ccccc3)c1)oc1ccccc12. The molecule has 2 nitrogen and oxygen atoms in total. The van der Waals surface area contributed by atoms with Gasteiger partial charge in [0.2, 0.25) is 0 Å². The molecule has 0 bridgehead atoms. The molecule has 136 valence electrons. The number of benzene rings is 4. The van der Waals surface area contributed by atoms with Crippen LogP contribution in [0.1, 0.15) is 0 Å². The van der Waals surface area contributed by atoms with Crippen LogP contribution in [0.25, 0.3) is 33.1 Å². The Labute approximate surface area is 166 Å². The Kier molecular flexibility index (Phi) is 4.22. The van der Waals surface area contributed by atoms with Gasteiger partial charge in [-0.3, -0.25) is 0 Å². The summed E-state index contributed by atoms with van der Waals surface area (Å²) in [7, 11) is 1.50. The molecule has 0 unspecified atom stereocenters. The highest BCUT2D eigenvalue weighted by atomic mass is 28.2. The Morgan fingerprint density at radius 2 is 1.46 bits per heavy atom. The van der Waals surface area contributed by atoms with E-state index in [4.69, 9.17) is 4.42 Å². The maximum absolute atomic E-state index is 6.12. The summed E-state index contributed by atoms with van der Waals surface area (Å²) < 4.78 is 6.12. The Morgan fingerprint density at radius 3 is 2.32 bits per heavy atom. The van der Waals surface area contributed by atoms with E-state index in [1.165, 1.54) is 21.5 Å². The first-order chi connectivity index (χ1) is 13.8. The molecule has 0 aliphatic carbocycles. The van der Waals surface area contributed by atoms with E-state index in [2.05, 4.69) is 84.2 Å². The third kappa shape index (κ3) is 3.00. The molecule has 5 rings (SSSR count). The van der Waals surface area contributed by atoms with Crippen LogP contribution in [0.2, 0.25) is 0 Å². The van der Waals surface area contributed by atoms with Gasteiger partial charge in [0.25, 0.3) is 0 Å². The molecule has 1 N–H and O–H groups in total. The minimum absolute atomic E-state index is 0.484. The summed E-state index contributed by atoms with van der Waals surface area (Å²) in [5, 5.41) is 8.59. The van der Waals surface area contributed by atoms with Crippen molar-refractivity contribution in [2.75, 3.05) is 12.4 Å². The number of furan rings is 1. The van der Waals surface area contributed by atoms with E-state index in [0.29, 0.717) is 0 Å². The van der Waals surface area contributed by atoms with Gasteiger partial charge in [-0.25, -0.2) is 0 Å². The summed E-state index contributed by atoms with van der Waals surface area (Å²) in [5.74, 6) is 0. The summed E-state index contributed by atoms with van der Waals surface area (Å²) in [6.45, 7) is 0. The number of hydrogen-bond acceptors (Lipinski definition) is 2. The predicted molar refractivity (Wildman–Crippen MR) is 123 cm³/mol. The average Bonchev–Trinajstić information content (AvgIpc) is 3.11. The quantitative estimate of drug-likeness (QED) is 0.468.